The van der Waals surface area contributed by atoms with Gasteiger partial charge >= 0.3 is 0 Å². The lowest BCUT2D eigenvalue weighted by atomic mass is 10.0. The molecule has 78 valence electrons. The molecule has 2 N–H and O–H groups in total. The molecule has 0 aromatic carbocycles. The molecule has 1 heterocycles. The van der Waals surface area contributed by atoms with Crippen molar-refractivity contribution in [1.29, 1.82) is 0 Å². The molecule has 1 aromatic heterocycles. The number of nitrogens with two attached hydrogens (primary N) is 1. The van der Waals surface area contributed by atoms with Crippen LogP contribution < -0.4 is 5.73 Å². The van der Waals surface area contributed by atoms with Gasteiger partial charge in [0, 0.05) is 24.2 Å². The van der Waals surface area contributed by atoms with Crippen molar-refractivity contribution in [3.63, 3.8) is 0 Å². The van der Waals surface area contributed by atoms with Gasteiger partial charge in [0.25, 0.3) is 0 Å². The summed E-state index contributed by atoms with van der Waals surface area (Å²) in [7, 11) is 0. The molecule has 0 amide bonds. The average molecular weight is 211 g/mol. The third-order valence-corrected chi connectivity index (χ3v) is 3.34. The van der Waals surface area contributed by atoms with E-state index in [9.17, 15) is 0 Å². The number of aromatic nitrogens is 2. The summed E-state index contributed by atoms with van der Waals surface area (Å²) in [4.78, 5) is 8.26. The molecular weight excluding hydrogens is 194 g/mol. The molecule has 0 fully saturated rings. The molecule has 0 saturated heterocycles. The number of thioether (sulfide) groups is 1. The smallest absolute Gasteiger partial charge is 0.187 e. The molecule has 0 unspecified atom stereocenters. The first-order chi connectivity index (χ1) is 6.74. The summed E-state index contributed by atoms with van der Waals surface area (Å²) in [5.74, 6) is 1.45. The quantitative estimate of drug-likeness (QED) is 0.597. The van der Waals surface area contributed by atoms with Gasteiger partial charge in [0.1, 0.15) is 0 Å². The van der Waals surface area contributed by atoms with E-state index in [1.54, 1.807) is 24.2 Å². The van der Waals surface area contributed by atoms with E-state index in [2.05, 4.69) is 23.8 Å². The normalized spacial score (nSPS) is 15.1. The molecule has 1 aromatic rings. The molecule has 0 saturated carbocycles. The Morgan fingerprint density at radius 2 is 2.07 bits per heavy atom. The minimum Gasteiger partial charge on any atom is -0.327 e. The Balaban J connectivity index is 2.34. The van der Waals surface area contributed by atoms with Crippen LogP contribution in [0, 0.1) is 5.92 Å². The SMILES string of the molecule is CC[C@H](C)[C@H](N)CSc1ncccn1. The number of nitrogens with zero attached hydrogens (tertiary/aromatic N) is 2. The predicted octanol–water partition coefficient (Wildman–Crippen LogP) is 1.94. The van der Waals surface area contributed by atoms with Crippen molar-refractivity contribution in [2.24, 2.45) is 11.7 Å². The van der Waals surface area contributed by atoms with Gasteiger partial charge in [0.05, 0.1) is 0 Å². The molecule has 1 rings (SSSR count). The molecule has 0 aliphatic heterocycles. The van der Waals surface area contributed by atoms with Crippen LogP contribution in [0.3, 0.4) is 0 Å². The van der Waals surface area contributed by atoms with E-state index in [1.165, 1.54) is 0 Å². The highest BCUT2D eigenvalue weighted by Gasteiger charge is 2.11. The molecule has 0 aliphatic carbocycles. The third-order valence-electron chi connectivity index (χ3n) is 2.32. The second-order valence-electron chi connectivity index (χ2n) is 3.39. The van der Waals surface area contributed by atoms with Crippen molar-refractivity contribution in [2.75, 3.05) is 5.75 Å². The lowest BCUT2D eigenvalue weighted by Gasteiger charge is -2.16. The molecule has 0 spiro atoms. The van der Waals surface area contributed by atoms with Gasteiger partial charge in [-0.15, -0.1) is 0 Å². The fourth-order valence-corrected chi connectivity index (χ4v) is 1.94. The van der Waals surface area contributed by atoms with E-state index < -0.39 is 0 Å². The molecule has 14 heavy (non-hydrogen) atoms. The van der Waals surface area contributed by atoms with E-state index in [-0.39, 0.29) is 6.04 Å². The second-order valence-corrected chi connectivity index (χ2v) is 4.38. The zero-order chi connectivity index (χ0) is 10.4. The summed E-state index contributed by atoms with van der Waals surface area (Å²) in [6.07, 6.45) is 4.63. The van der Waals surface area contributed by atoms with Crippen LogP contribution in [0.5, 0.6) is 0 Å². The van der Waals surface area contributed by atoms with E-state index in [4.69, 9.17) is 5.73 Å². The van der Waals surface area contributed by atoms with Crippen molar-refractivity contribution >= 4 is 11.8 Å². The summed E-state index contributed by atoms with van der Waals surface area (Å²) in [5.41, 5.74) is 6.00. The number of hydrogen-bond acceptors (Lipinski definition) is 4. The van der Waals surface area contributed by atoms with Gasteiger partial charge in [-0.05, 0) is 12.0 Å². The number of rotatable bonds is 5. The highest BCUT2D eigenvalue weighted by atomic mass is 32.2. The number of hydrogen-bond donors (Lipinski definition) is 1. The summed E-state index contributed by atoms with van der Waals surface area (Å²) < 4.78 is 0. The molecule has 0 aliphatic rings. The third kappa shape index (κ3) is 3.64. The highest BCUT2D eigenvalue weighted by molar-refractivity contribution is 7.99. The fourth-order valence-electron chi connectivity index (χ4n) is 0.998. The van der Waals surface area contributed by atoms with Crippen molar-refractivity contribution < 1.29 is 0 Å². The van der Waals surface area contributed by atoms with Crippen LogP contribution in [0.1, 0.15) is 20.3 Å². The van der Waals surface area contributed by atoms with Crippen LogP contribution in [0.15, 0.2) is 23.6 Å². The molecule has 0 radical (unpaired) electrons. The van der Waals surface area contributed by atoms with Gasteiger partial charge in [-0.2, -0.15) is 0 Å². The van der Waals surface area contributed by atoms with Crippen LogP contribution in [0.4, 0.5) is 0 Å². The molecule has 4 heteroatoms. The first-order valence-corrected chi connectivity index (χ1v) is 5.88. The van der Waals surface area contributed by atoms with Gasteiger partial charge in [-0.1, -0.05) is 32.0 Å². The maximum atomic E-state index is 6.00. The van der Waals surface area contributed by atoms with Gasteiger partial charge in [-0.25, -0.2) is 9.97 Å². The van der Waals surface area contributed by atoms with E-state index in [1.807, 2.05) is 6.07 Å². The van der Waals surface area contributed by atoms with Crippen molar-refractivity contribution in [1.82, 2.24) is 9.97 Å². The lowest BCUT2D eigenvalue weighted by Crippen LogP contribution is -2.30. The Bertz CT molecular complexity index is 253. The molecule has 3 nitrogen and oxygen atoms in total. The Labute approximate surface area is 89.5 Å². The minimum atomic E-state index is 0.230. The van der Waals surface area contributed by atoms with Gasteiger partial charge in [0.15, 0.2) is 5.16 Å². The van der Waals surface area contributed by atoms with Crippen LogP contribution in [0.25, 0.3) is 0 Å². The second kappa shape index (κ2) is 5.98. The van der Waals surface area contributed by atoms with Crippen LogP contribution in [0.2, 0.25) is 0 Å². The van der Waals surface area contributed by atoms with Gasteiger partial charge in [0.2, 0.25) is 0 Å². The zero-order valence-corrected chi connectivity index (χ0v) is 9.50. The summed E-state index contributed by atoms with van der Waals surface area (Å²) in [5, 5.41) is 0.811. The Morgan fingerprint density at radius 3 is 2.64 bits per heavy atom. The fraction of sp³-hybridized carbons (Fsp3) is 0.600. The van der Waals surface area contributed by atoms with Crippen LogP contribution in [-0.2, 0) is 0 Å². The Kier molecular flexibility index (Phi) is 4.90. The minimum absolute atomic E-state index is 0.230. The van der Waals surface area contributed by atoms with Crippen molar-refractivity contribution in [3.05, 3.63) is 18.5 Å². The molecule has 0 bridgehead atoms. The van der Waals surface area contributed by atoms with Crippen LogP contribution >= 0.6 is 11.8 Å². The highest BCUT2D eigenvalue weighted by Crippen LogP contribution is 2.16. The predicted molar refractivity (Wildman–Crippen MR) is 60.2 cm³/mol. The van der Waals surface area contributed by atoms with E-state index in [0.29, 0.717) is 5.92 Å². The Hall–Kier alpha value is -0.610. The maximum Gasteiger partial charge on any atom is 0.187 e. The van der Waals surface area contributed by atoms with E-state index >= 15 is 0 Å². The van der Waals surface area contributed by atoms with Crippen molar-refractivity contribution in [2.45, 2.75) is 31.5 Å². The largest absolute Gasteiger partial charge is 0.327 e. The summed E-state index contributed by atoms with van der Waals surface area (Å²) >= 11 is 1.62. The van der Waals surface area contributed by atoms with Crippen molar-refractivity contribution in [3.8, 4) is 0 Å². The molecular formula is C10H17N3S. The molecule has 2 atom stereocenters. The topological polar surface area (TPSA) is 51.8 Å². The summed E-state index contributed by atoms with van der Waals surface area (Å²) in [6, 6.07) is 2.05. The van der Waals surface area contributed by atoms with Gasteiger partial charge in [-0.3, -0.25) is 0 Å². The standard InChI is InChI=1S/C10H17N3S/c1-3-8(2)9(11)7-14-10-12-5-4-6-13-10/h4-6,8-9H,3,7,11H2,1-2H3/t8-,9+/m0/s1. The van der Waals surface area contributed by atoms with E-state index in [0.717, 1.165) is 17.3 Å². The van der Waals surface area contributed by atoms with Crippen LogP contribution in [-0.4, -0.2) is 21.8 Å². The maximum absolute atomic E-state index is 6.00. The zero-order valence-electron chi connectivity index (χ0n) is 8.68. The Morgan fingerprint density at radius 1 is 1.43 bits per heavy atom. The first-order valence-electron chi connectivity index (χ1n) is 4.89. The average Bonchev–Trinajstić information content (AvgIpc) is 2.26. The lowest BCUT2D eigenvalue weighted by molar-refractivity contribution is 0.475. The first kappa shape index (κ1) is 11.5. The monoisotopic (exact) mass is 211 g/mol. The van der Waals surface area contributed by atoms with Gasteiger partial charge < -0.3 is 5.73 Å². The summed E-state index contributed by atoms with van der Waals surface area (Å²) in [6.45, 7) is 4.34.